The summed E-state index contributed by atoms with van der Waals surface area (Å²) < 4.78 is 5.41. The minimum atomic E-state index is -0.177. The molecule has 4 heteroatoms. The van der Waals surface area contributed by atoms with Crippen molar-refractivity contribution in [3.05, 3.63) is 28.8 Å². The molecule has 0 fully saturated rings. The Morgan fingerprint density at radius 3 is 2.26 bits per heavy atom. The van der Waals surface area contributed by atoms with Gasteiger partial charge in [-0.1, -0.05) is 19.1 Å². The third-order valence-electron chi connectivity index (χ3n) is 4.54. The van der Waals surface area contributed by atoms with Crippen LogP contribution in [0, 0.1) is 13.8 Å². The maximum absolute atomic E-state index is 12.4. The van der Waals surface area contributed by atoms with Crippen molar-refractivity contribution in [2.75, 3.05) is 14.2 Å². The zero-order chi connectivity index (χ0) is 17.8. The lowest BCUT2D eigenvalue weighted by Crippen LogP contribution is -2.50. The summed E-state index contributed by atoms with van der Waals surface area (Å²) in [5, 5.41) is 3.11. The summed E-state index contributed by atoms with van der Waals surface area (Å²) in [5.74, 6) is 1.01. The second-order valence-corrected chi connectivity index (χ2v) is 7.08. The number of nitrogens with one attached hydrogen (secondary N) is 1. The van der Waals surface area contributed by atoms with Crippen LogP contribution in [0.1, 0.15) is 50.8 Å². The van der Waals surface area contributed by atoms with Crippen molar-refractivity contribution in [2.45, 2.75) is 66.1 Å². The monoisotopic (exact) mass is 320 g/mol. The van der Waals surface area contributed by atoms with Gasteiger partial charge in [-0.15, -0.1) is 0 Å². The summed E-state index contributed by atoms with van der Waals surface area (Å²) in [5.41, 5.74) is 3.28. The van der Waals surface area contributed by atoms with E-state index in [1.54, 1.807) is 7.11 Å². The third kappa shape index (κ3) is 5.24. The molecule has 0 heterocycles. The maximum Gasteiger partial charge on any atom is 0.237 e. The van der Waals surface area contributed by atoms with Crippen molar-refractivity contribution in [1.29, 1.82) is 0 Å². The number of hydrogen-bond acceptors (Lipinski definition) is 3. The highest BCUT2D eigenvalue weighted by molar-refractivity contribution is 5.81. The Morgan fingerprint density at radius 1 is 1.30 bits per heavy atom. The number of likely N-dealkylation sites (N-methyl/N-ethyl adjacent to an activating group) is 1. The number of hydrogen-bond donors (Lipinski definition) is 1. The fourth-order valence-electron chi connectivity index (χ4n) is 2.60. The van der Waals surface area contributed by atoms with Crippen LogP contribution in [0.3, 0.4) is 0 Å². The van der Waals surface area contributed by atoms with Crippen molar-refractivity contribution in [1.82, 2.24) is 10.2 Å². The van der Waals surface area contributed by atoms with Crippen LogP contribution < -0.4 is 10.1 Å². The Bertz CT molecular complexity index is 529. The molecule has 1 unspecified atom stereocenters. The molecule has 0 spiro atoms. The van der Waals surface area contributed by atoms with Gasteiger partial charge in [-0.2, -0.15) is 0 Å². The van der Waals surface area contributed by atoms with Crippen molar-refractivity contribution < 1.29 is 9.53 Å². The summed E-state index contributed by atoms with van der Waals surface area (Å²) in [6.45, 7) is 13.0. The van der Waals surface area contributed by atoms with E-state index in [1.165, 1.54) is 5.56 Å². The van der Waals surface area contributed by atoms with Gasteiger partial charge in [-0.25, -0.2) is 0 Å². The number of aryl methyl sites for hydroxylation is 2. The predicted octanol–water partition coefficient (Wildman–Crippen LogP) is 3.44. The van der Waals surface area contributed by atoms with Gasteiger partial charge < -0.3 is 10.1 Å². The van der Waals surface area contributed by atoms with E-state index < -0.39 is 0 Å². The highest BCUT2D eigenvalue weighted by atomic mass is 16.5. The quantitative estimate of drug-likeness (QED) is 0.837. The lowest BCUT2D eigenvalue weighted by atomic mass is 10.0. The topological polar surface area (TPSA) is 41.6 Å². The first kappa shape index (κ1) is 19.5. The molecule has 4 nitrogen and oxygen atoms in total. The maximum atomic E-state index is 12.4. The lowest BCUT2D eigenvalue weighted by molar-refractivity contribution is -0.127. The minimum Gasteiger partial charge on any atom is -0.496 e. The smallest absolute Gasteiger partial charge is 0.237 e. The summed E-state index contributed by atoms with van der Waals surface area (Å²) >= 11 is 0. The van der Waals surface area contributed by atoms with Crippen LogP contribution in [-0.2, 0) is 11.3 Å². The van der Waals surface area contributed by atoms with Gasteiger partial charge in [0.15, 0.2) is 0 Å². The van der Waals surface area contributed by atoms with Crippen LogP contribution in [0.4, 0.5) is 0 Å². The molecular weight excluding hydrogens is 288 g/mol. The summed E-state index contributed by atoms with van der Waals surface area (Å²) in [6.07, 6.45) is 0.909. The molecule has 1 aromatic carbocycles. The van der Waals surface area contributed by atoms with E-state index in [1.807, 2.05) is 27.8 Å². The van der Waals surface area contributed by atoms with E-state index in [-0.39, 0.29) is 17.5 Å². The Labute approximate surface area is 141 Å². The van der Waals surface area contributed by atoms with Gasteiger partial charge in [0.1, 0.15) is 5.75 Å². The molecule has 0 saturated heterocycles. The largest absolute Gasteiger partial charge is 0.496 e. The minimum absolute atomic E-state index is 0.0707. The van der Waals surface area contributed by atoms with Crippen LogP contribution in [-0.4, -0.2) is 36.5 Å². The van der Waals surface area contributed by atoms with Gasteiger partial charge in [-0.05, 0) is 64.8 Å². The van der Waals surface area contributed by atoms with Gasteiger partial charge in [0, 0.05) is 12.1 Å². The van der Waals surface area contributed by atoms with Crippen molar-refractivity contribution in [2.24, 2.45) is 0 Å². The van der Waals surface area contributed by atoms with Crippen molar-refractivity contribution in [3.8, 4) is 5.75 Å². The van der Waals surface area contributed by atoms with E-state index in [0.717, 1.165) is 29.8 Å². The van der Waals surface area contributed by atoms with Crippen LogP contribution in [0.5, 0.6) is 5.75 Å². The average Bonchev–Trinajstić information content (AvgIpc) is 2.45. The first-order valence-corrected chi connectivity index (χ1v) is 8.27. The number of methoxy groups -OCH3 is 1. The lowest BCUT2D eigenvalue weighted by Gasteiger charge is -2.30. The number of benzene rings is 1. The van der Waals surface area contributed by atoms with Gasteiger partial charge in [-0.3, -0.25) is 9.69 Å². The number of ether oxygens (including phenoxy) is 1. The molecule has 0 aliphatic heterocycles. The number of carbonyl (C=O) groups is 1. The second-order valence-electron chi connectivity index (χ2n) is 7.08. The summed E-state index contributed by atoms with van der Waals surface area (Å²) in [4.78, 5) is 14.5. The number of amides is 1. The Kier molecular flexibility index (Phi) is 6.63. The van der Waals surface area contributed by atoms with E-state index >= 15 is 0 Å². The normalized spacial score (nSPS) is 13.1. The zero-order valence-corrected chi connectivity index (χ0v) is 15.9. The van der Waals surface area contributed by atoms with Crippen LogP contribution in [0.25, 0.3) is 0 Å². The molecule has 1 amide bonds. The number of carbonyl (C=O) groups excluding carboxylic acids is 1. The molecule has 1 atom stereocenters. The first-order chi connectivity index (χ1) is 10.6. The van der Waals surface area contributed by atoms with Gasteiger partial charge in [0.25, 0.3) is 0 Å². The molecule has 0 aliphatic rings. The molecule has 23 heavy (non-hydrogen) atoms. The van der Waals surface area contributed by atoms with Gasteiger partial charge >= 0.3 is 0 Å². The number of nitrogens with zero attached hydrogens (tertiary/aromatic N) is 1. The molecule has 0 aromatic heterocycles. The Hall–Kier alpha value is -1.55. The first-order valence-electron chi connectivity index (χ1n) is 8.27. The van der Waals surface area contributed by atoms with E-state index in [9.17, 15) is 4.79 Å². The SMILES string of the molecule is CCC(C)(C)NC(=O)C(C)N(C)Cc1cc(C)c(OC)c(C)c1. The second kappa shape index (κ2) is 7.82. The summed E-state index contributed by atoms with van der Waals surface area (Å²) in [7, 11) is 3.68. The standard InChI is InChI=1S/C19H32N2O2/c1-9-19(5,6)20-18(22)15(4)21(7)12-16-10-13(2)17(23-8)14(3)11-16/h10-11,15H,9,12H2,1-8H3,(H,20,22). The molecular formula is C19H32N2O2. The van der Waals surface area contributed by atoms with E-state index in [0.29, 0.717) is 0 Å². The fourth-order valence-corrected chi connectivity index (χ4v) is 2.60. The average molecular weight is 320 g/mol. The molecule has 1 aromatic rings. The van der Waals surface area contributed by atoms with Crippen molar-refractivity contribution >= 4 is 5.91 Å². The van der Waals surface area contributed by atoms with Crippen LogP contribution in [0.15, 0.2) is 12.1 Å². The van der Waals surface area contributed by atoms with Crippen LogP contribution >= 0.6 is 0 Å². The van der Waals surface area contributed by atoms with E-state index in [4.69, 9.17) is 4.74 Å². The van der Waals surface area contributed by atoms with E-state index in [2.05, 4.69) is 43.1 Å². The summed E-state index contributed by atoms with van der Waals surface area (Å²) in [6, 6.07) is 4.08. The molecule has 1 rings (SSSR count). The zero-order valence-electron chi connectivity index (χ0n) is 15.9. The van der Waals surface area contributed by atoms with Crippen molar-refractivity contribution in [3.63, 3.8) is 0 Å². The highest BCUT2D eigenvalue weighted by Crippen LogP contribution is 2.25. The molecule has 0 aliphatic carbocycles. The van der Waals surface area contributed by atoms with Gasteiger partial charge in [0.05, 0.1) is 13.2 Å². The Morgan fingerprint density at radius 2 is 1.83 bits per heavy atom. The number of rotatable bonds is 7. The third-order valence-corrected chi connectivity index (χ3v) is 4.54. The molecule has 130 valence electrons. The Balaban J connectivity index is 2.79. The van der Waals surface area contributed by atoms with Gasteiger partial charge in [0.2, 0.25) is 5.91 Å². The fraction of sp³-hybridized carbons (Fsp3) is 0.632. The molecule has 1 N–H and O–H groups in total. The van der Waals surface area contributed by atoms with Crippen LogP contribution in [0.2, 0.25) is 0 Å². The molecule has 0 radical (unpaired) electrons. The predicted molar refractivity (Wildman–Crippen MR) is 95.9 cm³/mol. The highest BCUT2D eigenvalue weighted by Gasteiger charge is 2.24. The molecule has 0 saturated carbocycles. The molecule has 0 bridgehead atoms.